The first-order valence-electron chi connectivity index (χ1n) is 16.3. The molecule has 0 aliphatic heterocycles. The van der Waals surface area contributed by atoms with E-state index in [2.05, 4.69) is 6.58 Å². The smallest absolute Gasteiger partial charge is 0.416 e. The summed E-state index contributed by atoms with van der Waals surface area (Å²) in [5, 5.41) is 0. The van der Waals surface area contributed by atoms with Gasteiger partial charge in [0.15, 0.2) is 6.10 Å². The van der Waals surface area contributed by atoms with Crippen LogP contribution in [0.3, 0.4) is 0 Å². The third-order valence-corrected chi connectivity index (χ3v) is 8.78. The highest BCUT2D eigenvalue weighted by Crippen LogP contribution is 2.43. The van der Waals surface area contributed by atoms with Gasteiger partial charge in [-0.25, -0.2) is 4.79 Å². The highest BCUT2D eigenvalue weighted by Gasteiger charge is 2.41. The second-order valence-corrected chi connectivity index (χ2v) is 12.2. The van der Waals surface area contributed by atoms with Crippen LogP contribution in [0.15, 0.2) is 152 Å². The summed E-state index contributed by atoms with van der Waals surface area (Å²) in [6.45, 7) is 5.43. The molecule has 270 valence electrons. The van der Waals surface area contributed by atoms with E-state index in [0.29, 0.717) is 23.3 Å². The minimum absolute atomic E-state index is 0.0401. The molecule has 0 radical (unpaired) electrons. The first kappa shape index (κ1) is 38.1. The van der Waals surface area contributed by atoms with Crippen LogP contribution in [0.25, 0.3) is 0 Å². The van der Waals surface area contributed by atoms with Gasteiger partial charge in [-0.2, -0.15) is 26.3 Å². The Morgan fingerprint density at radius 1 is 0.615 bits per heavy atom. The predicted molar refractivity (Wildman–Crippen MR) is 185 cm³/mol. The number of rotatable bonds is 13. The summed E-state index contributed by atoms with van der Waals surface area (Å²) >= 11 is 0. The van der Waals surface area contributed by atoms with E-state index in [1.54, 1.807) is 30.3 Å². The van der Waals surface area contributed by atoms with Crippen LogP contribution in [-0.2, 0) is 37.0 Å². The molecule has 0 amide bonds. The van der Waals surface area contributed by atoms with Crippen molar-refractivity contribution in [3.8, 4) is 0 Å². The van der Waals surface area contributed by atoms with Gasteiger partial charge in [-0.3, -0.25) is 0 Å². The number of esters is 1. The van der Waals surface area contributed by atoms with Crippen molar-refractivity contribution in [1.29, 1.82) is 0 Å². The minimum Gasteiger partial charge on any atom is -0.467 e. The average molecular weight is 719 g/mol. The van der Waals surface area contributed by atoms with Gasteiger partial charge in [0.05, 0.1) is 30.9 Å². The van der Waals surface area contributed by atoms with Gasteiger partial charge >= 0.3 is 18.3 Å². The van der Waals surface area contributed by atoms with Crippen LogP contribution < -0.4 is 0 Å². The van der Waals surface area contributed by atoms with Crippen molar-refractivity contribution in [2.75, 3.05) is 13.7 Å². The molecule has 0 aliphatic rings. The maximum atomic E-state index is 13.7. The molecule has 0 heterocycles. The lowest BCUT2D eigenvalue weighted by molar-refractivity contribution is -0.159. The molecular weight excluding hydrogens is 682 g/mol. The molecule has 0 aliphatic carbocycles. The molecule has 0 saturated heterocycles. The van der Waals surface area contributed by atoms with Gasteiger partial charge in [-0.05, 0) is 58.5 Å². The van der Waals surface area contributed by atoms with Crippen LogP contribution >= 0.6 is 0 Å². The molecule has 0 bridgehead atoms. The number of hydrogen-bond donors (Lipinski definition) is 0. The van der Waals surface area contributed by atoms with E-state index in [4.69, 9.17) is 14.2 Å². The van der Waals surface area contributed by atoms with E-state index in [1.807, 2.05) is 91.0 Å². The molecule has 0 aromatic heterocycles. The monoisotopic (exact) mass is 718 g/mol. The number of benzene rings is 5. The quantitative estimate of drug-likeness (QED) is 0.0526. The summed E-state index contributed by atoms with van der Waals surface area (Å²) in [5.74, 6) is -1.92. The normalized spacial score (nSPS) is 13.9. The van der Waals surface area contributed by atoms with Crippen molar-refractivity contribution in [2.24, 2.45) is 0 Å². The van der Waals surface area contributed by atoms with Crippen molar-refractivity contribution in [1.82, 2.24) is 0 Å². The van der Waals surface area contributed by atoms with E-state index in [1.165, 1.54) is 6.92 Å². The Balaban J connectivity index is 1.58. The molecule has 3 atom stereocenters. The van der Waals surface area contributed by atoms with Crippen molar-refractivity contribution < 1.29 is 45.3 Å². The van der Waals surface area contributed by atoms with Gasteiger partial charge in [-0.15, -0.1) is 0 Å². The SMILES string of the molecule is C=C(COC(c1ccccc1)(c1ccccc1)c1ccccc1)C(c1ccccc1)C(O[C@H](C)c1cc(C(F)(F)F)cc(C(F)(F)F)c1)C(=O)OC. The maximum Gasteiger partial charge on any atom is 0.416 e. The van der Waals surface area contributed by atoms with Crippen LogP contribution in [-0.4, -0.2) is 25.8 Å². The number of ether oxygens (including phenoxy) is 3. The lowest BCUT2D eigenvalue weighted by Gasteiger charge is -2.37. The molecule has 5 aromatic rings. The zero-order chi connectivity index (χ0) is 37.5. The molecule has 0 saturated carbocycles. The topological polar surface area (TPSA) is 44.8 Å². The first-order chi connectivity index (χ1) is 24.8. The Kier molecular flexibility index (Phi) is 11.7. The van der Waals surface area contributed by atoms with Crippen LogP contribution in [0.5, 0.6) is 0 Å². The largest absolute Gasteiger partial charge is 0.467 e. The summed E-state index contributed by atoms with van der Waals surface area (Å²) in [6, 6.07) is 38.4. The summed E-state index contributed by atoms with van der Waals surface area (Å²) in [7, 11) is 1.11. The number of methoxy groups -OCH3 is 1. The molecule has 4 nitrogen and oxygen atoms in total. The maximum absolute atomic E-state index is 13.7. The summed E-state index contributed by atoms with van der Waals surface area (Å²) < 4.78 is 101. The van der Waals surface area contributed by atoms with Crippen LogP contribution in [0.1, 0.15) is 57.9 Å². The van der Waals surface area contributed by atoms with E-state index in [0.717, 1.165) is 23.8 Å². The number of alkyl halides is 6. The summed E-state index contributed by atoms with van der Waals surface area (Å²) in [4.78, 5) is 13.5. The Labute approximate surface area is 298 Å². The van der Waals surface area contributed by atoms with Gasteiger partial charge in [0.2, 0.25) is 0 Å². The highest BCUT2D eigenvalue weighted by molar-refractivity contribution is 5.77. The lowest BCUT2D eigenvalue weighted by atomic mass is 9.79. The molecule has 0 N–H and O–H groups in total. The Morgan fingerprint density at radius 3 is 1.40 bits per heavy atom. The zero-order valence-electron chi connectivity index (χ0n) is 28.3. The van der Waals surface area contributed by atoms with Gasteiger partial charge in [0, 0.05) is 5.92 Å². The molecular formula is C42H36F6O4. The number of carbonyl (C=O) groups excluding carboxylic acids is 1. The molecule has 52 heavy (non-hydrogen) atoms. The third-order valence-electron chi connectivity index (χ3n) is 8.78. The first-order valence-corrected chi connectivity index (χ1v) is 16.3. The van der Waals surface area contributed by atoms with Crippen LogP contribution in [0.4, 0.5) is 26.3 Å². The van der Waals surface area contributed by atoms with Crippen LogP contribution in [0.2, 0.25) is 0 Å². The fraction of sp³-hybridized carbons (Fsp3) is 0.214. The summed E-state index contributed by atoms with van der Waals surface area (Å²) in [5.41, 5.74) is -1.33. The number of halogens is 6. The van der Waals surface area contributed by atoms with Gasteiger partial charge in [0.1, 0.15) is 5.60 Å². The minimum atomic E-state index is -5.07. The van der Waals surface area contributed by atoms with Crippen molar-refractivity contribution in [3.63, 3.8) is 0 Å². The summed E-state index contributed by atoms with van der Waals surface area (Å²) in [6.07, 6.45) is -13.1. The van der Waals surface area contributed by atoms with E-state index >= 15 is 0 Å². The standard InChI is InChI=1S/C42H36F6O4/c1-28(27-51-40(32-18-10-5-11-19-32,33-20-12-6-13-21-33)34-22-14-7-15-23-34)37(30-16-8-4-9-17-30)38(39(49)50-3)52-29(2)31-24-35(41(43,44)45)26-36(25-31)42(46,47)48/h4-26,29,37-38H,1,27H2,2-3H3/t29-,37?,38?/m1/s1. The highest BCUT2D eigenvalue weighted by atomic mass is 19.4. The average Bonchev–Trinajstić information content (AvgIpc) is 3.15. The Hall–Kier alpha value is -5.19. The third kappa shape index (κ3) is 8.46. The molecule has 5 rings (SSSR count). The fourth-order valence-corrected chi connectivity index (χ4v) is 6.24. The fourth-order valence-electron chi connectivity index (χ4n) is 6.24. The lowest BCUT2D eigenvalue weighted by Crippen LogP contribution is -2.37. The van der Waals surface area contributed by atoms with Crippen molar-refractivity contribution >= 4 is 5.97 Å². The molecule has 0 fully saturated rings. The van der Waals surface area contributed by atoms with E-state index < -0.39 is 58.7 Å². The molecule has 10 heteroatoms. The molecule has 2 unspecified atom stereocenters. The number of carbonyl (C=O) groups is 1. The van der Waals surface area contributed by atoms with Gasteiger partial charge < -0.3 is 14.2 Å². The van der Waals surface area contributed by atoms with Crippen molar-refractivity contribution in [3.05, 3.63) is 191 Å². The second-order valence-electron chi connectivity index (χ2n) is 12.2. The predicted octanol–water partition coefficient (Wildman–Crippen LogP) is 10.7. The Bertz CT molecular complexity index is 1800. The van der Waals surface area contributed by atoms with E-state index in [9.17, 15) is 31.1 Å². The second kappa shape index (κ2) is 16.0. The zero-order valence-corrected chi connectivity index (χ0v) is 28.3. The number of hydrogen-bond acceptors (Lipinski definition) is 4. The van der Waals surface area contributed by atoms with Gasteiger partial charge in [0.25, 0.3) is 0 Å². The molecule has 0 spiro atoms. The van der Waals surface area contributed by atoms with Crippen LogP contribution in [0, 0.1) is 0 Å². The van der Waals surface area contributed by atoms with Crippen molar-refractivity contribution in [2.45, 2.75) is 43.0 Å². The van der Waals surface area contributed by atoms with Gasteiger partial charge in [-0.1, -0.05) is 128 Å². The Morgan fingerprint density at radius 2 is 1.02 bits per heavy atom. The molecule has 5 aromatic carbocycles. The van der Waals surface area contributed by atoms with E-state index in [-0.39, 0.29) is 12.7 Å².